The fraction of sp³-hybridized carbons (Fsp3) is 0.632. The van der Waals surface area contributed by atoms with Crippen molar-refractivity contribution in [3.05, 3.63) is 29.6 Å². The van der Waals surface area contributed by atoms with E-state index < -0.39 is 5.60 Å². The highest BCUT2D eigenvalue weighted by atomic mass is 16.6. The van der Waals surface area contributed by atoms with E-state index in [9.17, 15) is 4.79 Å². The molecule has 26 heavy (non-hydrogen) atoms. The first kappa shape index (κ1) is 21.7. The molecular formula is C19H31N5O2. The van der Waals surface area contributed by atoms with Crippen LogP contribution < -0.4 is 0 Å². The van der Waals surface area contributed by atoms with Crippen LogP contribution in [0.25, 0.3) is 0 Å². The first-order chi connectivity index (χ1) is 12.1. The zero-order valence-corrected chi connectivity index (χ0v) is 16.8. The van der Waals surface area contributed by atoms with Crippen molar-refractivity contribution in [2.75, 3.05) is 34.2 Å². The quantitative estimate of drug-likeness (QED) is 0.524. The van der Waals surface area contributed by atoms with E-state index in [-0.39, 0.29) is 6.09 Å². The van der Waals surface area contributed by atoms with Crippen LogP contribution in [0.1, 0.15) is 38.4 Å². The van der Waals surface area contributed by atoms with Crippen molar-refractivity contribution in [2.24, 2.45) is 0 Å². The fourth-order valence-corrected chi connectivity index (χ4v) is 2.36. The van der Waals surface area contributed by atoms with Gasteiger partial charge in [-0.25, -0.2) is 4.79 Å². The number of amides is 1. The van der Waals surface area contributed by atoms with E-state index in [1.54, 1.807) is 23.0 Å². The van der Waals surface area contributed by atoms with Gasteiger partial charge in [-0.3, -0.25) is 4.98 Å². The van der Waals surface area contributed by atoms with Gasteiger partial charge in [0.25, 0.3) is 0 Å². The van der Waals surface area contributed by atoms with Gasteiger partial charge in [-0.15, -0.1) is 0 Å². The second-order valence-electron chi connectivity index (χ2n) is 7.67. The van der Waals surface area contributed by atoms with Gasteiger partial charge in [0.05, 0.1) is 18.8 Å². The fourth-order valence-electron chi connectivity index (χ4n) is 2.36. The summed E-state index contributed by atoms with van der Waals surface area (Å²) in [6, 6.07) is 3.80. The number of nitriles is 1. The predicted molar refractivity (Wildman–Crippen MR) is 101 cm³/mol. The van der Waals surface area contributed by atoms with E-state index in [2.05, 4.69) is 16.1 Å². The Labute approximate surface area is 157 Å². The zero-order chi connectivity index (χ0) is 19.7. The van der Waals surface area contributed by atoms with Crippen LogP contribution in [-0.2, 0) is 17.8 Å². The van der Waals surface area contributed by atoms with Gasteiger partial charge in [-0.05, 0) is 65.5 Å². The van der Waals surface area contributed by atoms with Crippen LogP contribution in [0.4, 0.5) is 4.79 Å². The molecule has 0 aliphatic rings. The lowest BCUT2D eigenvalue weighted by Crippen LogP contribution is -2.38. The zero-order valence-electron chi connectivity index (χ0n) is 16.8. The van der Waals surface area contributed by atoms with Gasteiger partial charge in [-0.1, -0.05) is 0 Å². The monoisotopic (exact) mass is 361 g/mol. The van der Waals surface area contributed by atoms with Gasteiger partial charge in [-0.2, -0.15) is 5.26 Å². The van der Waals surface area contributed by atoms with Gasteiger partial charge in [0.2, 0.25) is 0 Å². The summed E-state index contributed by atoms with van der Waals surface area (Å²) in [5, 5.41) is 8.92. The van der Waals surface area contributed by atoms with E-state index in [4.69, 9.17) is 10.00 Å². The summed E-state index contributed by atoms with van der Waals surface area (Å²) >= 11 is 0. The third kappa shape index (κ3) is 8.67. The molecule has 1 amide bonds. The molecule has 0 saturated heterocycles. The van der Waals surface area contributed by atoms with Crippen molar-refractivity contribution in [3.63, 3.8) is 0 Å². The summed E-state index contributed by atoms with van der Waals surface area (Å²) < 4.78 is 5.54. The lowest BCUT2D eigenvalue weighted by Gasteiger charge is -2.27. The van der Waals surface area contributed by atoms with E-state index in [0.29, 0.717) is 19.6 Å². The van der Waals surface area contributed by atoms with Gasteiger partial charge in [0.1, 0.15) is 5.60 Å². The molecule has 0 aliphatic carbocycles. The third-order valence-electron chi connectivity index (χ3n) is 3.51. The Morgan fingerprint density at radius 2 is 1.92 bits per heavy atom. The number of carbonyl (C=O) groups excluding carboxylic acids is 1. The summed E-state index contributed by atoms with van der Waals surface area (Å²) in [6.07, 6.45) is 4.31. The molecule has 1 aromatic rings. The van der Waals surface area contributed by atoms with Crippen molar-refractivity contribution in [1.82, 2.24) is 19.7 Å². The summed E-state index contributed by atoms with van der Waals surface area (Å²) in [6.45, 7) is 7.96. The normalized spacial score (nSPS) is 11.2. The second kappa shape index (κ2) is 9.97. The smallest absolute Gasteiger partial charge is 0.410 e. The highest BCUT2D eigenvalue weighted by Crippen LogP contribution is 2.13. The molecule has 0 saturated carbocycles. The van der Waals surface area contributed by atoms with Gasteiger partial charge in [0, 0.05) is 19.8 Å². The Kier molecular flexibility index (Phi) is 8.33. The van der Waals surface area contributed by atoms with Gasteiger partial charge >= 0.3 is 6.09 Å². The van der Waals surface area contributed by atoms with Crippen molar-refractivity contribution >= 4 is 6.09 Å². The van der Waals surface area contributed by atoms with Crippen LogP contribution in [0.5, 0.6) is 0 Å². The number of hydrogen-bond donors (Lipinski definition) is 0. The lowest BCUT2D eigenvalue weighted by molar-refractivity contribution is 0.0226. The number of carbonyl (C=O) groups is 1. The minimum absolute atomic E-state index is 0.336. The van der Waals surface area contributed by atoms with E-state index in [1.165, 1.54) is 0 Å². The molecule has 1 aromatic heterocycles. The number of hydrogen-bond acceptors (Lipinski definition) is 6. The highest BCUT2D eigenvalue weighted by Gasteiger charge is 2.22. The lowest BCUT2D eigenvalue weighted by atomic mass is 10.2. The molecule has 0 radical (unpaired) electrons. The molecule has 0 spiro atoms. The number of nitrogens with zero attached hydrogens (tertiary/aromatic N) is 5. The average molecular weight is 361 g/mol. The van der Waals surface area contributed by atoms with Crippen LogP contribution in [-0.4, -0.2) is 65.6 Å². The molecular weight excluding hydrogens is 330 g/mol. The third-order valence-corrected chi connectivity index (χ3v) is 3.51. The molecule has 1 rings (SSSR count). The standard InChI is InChI=1S/C19H31N5O2/c1-19(2,3)26-18(25)24(11-7-10-22(4)5)14-17-12-16(8-9-21-17)13-23(6)15-20/h8-9,12H,7,10-11,13-14H2,1-6H3. The maximum Gasteiger partial charge on any atom is 0.410 e. The van der Waals surface area contributed by atoms with Crippen molar-refractivity contribution in [1.29, 1.82) is 5.26 Å². The first-order valence-corrected chi connectivity index (χ1v) is 8.78. The van der Waals surface area contributed by atoms with E-state index in [1.807, 2.05) is 47.0 Å². The molecule has 0 unspecified atom stereocenters. The Balaban J connectivity index is 2.85. The molecule has 0 atom stereocenters. The Bertz CT molecular complexity index is 619. The van der Waals surface area contributed by atoms with Crippen molar-refractivity contribution < 1.29 is 9.53 Å². The SMILES string of the molecule is CN(C)CCCN(Cc1cc(CN(C)C#N)ccn1)C(=O)OC(C)(C)C. The van der Waals surface area contributed by atoms with Crippen molar-refractivity contribution in [3.8, 4) is 6.19 Å². The Morgan fingerprint density at radius 3 is 2.50 bits per heavy atom. The molecule has 0 bridgehead atoms. The number of ether oxygens (including phenoxy) is 1. The maximum absolute atomic E-state index is 12.6. The second-order valence-corrected chi connectivity index (χ2v) is 7.67. The highest BCUT2D eigenvalue weighted by molar-refractivity contribution is 5.68. The molecule has 0 fully saturated rings. The summed E-state index contributed by atoms with van der Waals surface area (Å²) in [5.74, 6) is 0. The Hall–Kier alpha value is -2.33. The predicted octanol–water partition coefficient (Wildman–Crippen LogP) is 2.68. The first-order valence-electron chi connectivity index (χ1n) is 8.78. The Morgan fingerprint density at radius 1 is 1.23 bits per heavy atom. The van der Waals surface area contributed by atoms with Crippen LogP contribution in [0.15, 0.2) is 18.3 Å². The molecule has 7 nitrogen and oxygen atoms in total. The molecule has 0 aliphatic heterocycles. The van der Waals surface area contributed by atoms with Crippen LogP contribution in [0.3, 0.4) is 0 Å². The summed E-state index contributed by atoms with van der Waals surface area (Å²) in [7, 11) is 5.75. The van der Waals surface area contributed by atoms with E-state index >= 15 is 0 Å². The summed E-state index contributed by atoms with van der Waals surface area (Å²) in [4.78, 5) is 22.3. The minimum Gasteiger partial charge on any atom is -0.444 e. The largest absolute Gasteiger partial charge is 0.444 e. The molecule has 0 N–H and O–H groups in total. The van der Waals surface area contributed by atoms with Crippen LogP contribution in [0, 0.1) is 11.5 Å². The minimum atomic E-state index is -0.540. The number of aromatic nitrogens is 1. The molecule has 7 heteroatoms. The number of pyridine rings is 1. The van der Waals surface area contributed by atoms with E-state index in [0.717, 1.165) is 24.2 Å². The van der Waals surface area contributed by atoms with Crippen LogP contribution >= 0.6 is 0 Å². The molecule has 144 valence electrons. The topological polar surface area (TPSA) is 72.7 Å². The van der Waals surface area contributed by atoms with Crippen LogP contribution in [0.2, 0.25) is 0 Å². The number of rotatable bonds is 8. The molecule has 1 heterocycles. The summed E-state index contributed by atoms with van der Waals surface area (Å²) in [5.41, 5.74) is 1.22. The van der Waals surface area contributed by atoms with Gasteiger partial charge in [0.15, 0.2) is 6.19 Å². The average Bonchev–Trinajstić information content (AvgIpc) is 2.52. The van der Waals surface area contributed by atoms with Gasteiger partial charge < -0.3 is 19.4 Å². The maximum atomic E-state index is 12.6. The molecule has 0 aromatic carbocycles. The van der Waals surface area contributed by atoms with Crippen molar-refractivity contribution in [2.45, 2.75) is 45.9 Å².